The number of rotatable bonds is 7. The van der Waals surface area contributed by atoms with Gasteiger partial charge in [-0.05, 0) is 73.8 Å². The number of ether oxygens (including phenoxy) is 1. The SMILES string of the molecule is CCc1c(-c2ccc(O)cc2)c2c(COCCN3CCCCC3)cc3c(O)ccc1n32. The van der Waals surface area contributed by atoms with Crippen molar-refractivity contribution in [2.75, 3.05) is 26.2 Å². The molecule has 5 nitrogen and oxygen atoms in total. The second-order valence-corrected chi connectivity index (χ2v) is 8.55. The van der Waals surface area contributed by atoms with E-state index in [1.807, 2.05) is 18.2 Å². The Balaban J connectivity index is 1.52. The molecular weight excluding hydrogens is 388 g/mol. The average molecular weight is 419 g/mol. The maximum Gasteiger partial charge on any atom is 0.139 e. The van der Waals surface area contributed by atoms with E-state index < -0.39 is 0 Å². The molecule has 0 aliphatic carbocycles. The van der Waals surface area contributed by atoms with Gasteiger partial charge in [0.1, 0.15) is 11.5 Å². The summed E-state index contributed by atoms with van der Waals surface area (Å²) in [5.41, 5.74) is 7.61. The van der Waals surface area contributed by atoms with Crippen molar-refractivity contribution in [3.63, 3.8) is 0 Å². The van der Waals surface area contributed by atoms with Crippen molar-refractivity contribution in [1.82, 2.24) is 9.30 Å². The molecule has 4 aromatic rings. The number of likely N-dealkylation sites (tertiary alicyclic amines) is 1. The highest BCUT2D eigenvalue weighted by molar-refractivity contribution is 5.98. The molecule has 1 fully saturated rings. The molecule has 5 rings (SSSR count). The van der Waals surface area contributed by atoms with E-state index in [9.17, 15) is 10.2 Å². The van der Waals surface area contributed by atoms with Crippen molar-refractivity contribution < 1.29 is 14.9 Å². The standard InChI is InChI=1S/C26H30N2O3/c1-2-21-22-10-11-24(30)23-16-19(17-31-15-14-27-12-4-3-5-13-27)26(28(22)23)25(21)18-6-8-20(29)9-7-18/h6-11,16,29-30H,2-5,12-15,17H2,1H3. The van der Waals surface area contributed by atoms with Crippen molar-refractivity contribution in [2.45, 2.75) is 39.2 Å². The van der Waals surface area contributed by atoms with Gasteiger partial charge in [-0.2, -0.15) is 0 Å². The quantitative estimate of drug-likeness (QED) is 0.406. The van der Waals surface area contributed by atoms with Gasteiger partial charge in [0.05, 0.1) is 29.8 Å². The van der Waals surface area contributed by atoms with Gasteiger partial charge in [0.2, 0.25) is 0 Å². The minimum Gasteiger partial charge on any atom is -0.508 e. The predicted octanol–water partition coefficient (Wildman–Crippen LogP) is 5.17. The molecular formula is C26H30N2O3. The van der Waals surface area contributed by atoms with Crippen LogP contribution in [0.25, 0.3) is 27.7 Å². The van der Waals surface area contributed by atoms with Crippen LogP contribution in [0.2, 0.25) is 0 Å². The van der Waals surface area contributed by atoms with Gasteiger partial charge >= 0.3 is 0 Å². The van der Waals surface area contributed by atoms with E-state index in [0.717, 1.165) is 46.2 Å². The summed E-state index contributed by atoms with van der Waals surface area (Å²) in [5.74, 6) is 0.545. The molecule has 0 unspecified atom stereocenters. The van der Waals surface area contributed by atoms with Gasteiger partial charge in [-0.15, -0.1) is 0 Å². The third kappa shape index (κ3) is 3.62. The van der Waals surface area contributed by atoms with Crippen LogP contribution < -0.4 is 0 Å². The number of aromatic nitrogens is 1. The van der Waals surface area contributed by atoms with E-state index in [2.05, 4.69) is 22.3 Å². The summed E-state index contributed by atoms with van der Waals surface area (Å²) in [4.78, 5) is 2.49. The lowest BCUT2D eigenvalue weighted by Crippen LogP contribution is -2.32. The molecule has 162 valence electrons. The van der Waals surface area contributed by atoms with E-state index in [-0.39, 0.29) is 11.5 Å². The maximum absolute atomic E-state index is 10.5. The molecule has 2 N–H and O–H groups in total. The number of pyridine rings is 1. The molecule has 1 aromatic carbocycles. The number of aromatic hydroxyl groups is 2. The zero-order valence-electron chi connectivity index (χ0n) is 18.1. The Morgan fingerprint density at radius 3 is 2.45 bits per heavy atom. The fourth-order valence-corrected chi connectivity index (χ4v) is 5.06. The van der Waals surface area contributed by atoms with Crippen LogP contribution in [0.4, 0.5) is 0 Å². The average Bonchev–Trinajstić information content (AvgIpc) is 3.33. The topological polar surface area (TPSA) is 57.3 Å². The van der Waals surface area contributed by atoms with Crippen LogP contribution in [-0.2, 0) is 17.8 Å². The zero-order valence-corrected chi connectivity index (χ0v) is 18.1. The molecule has 0 amide bonds. The fraction of sp³-hybridized carbons (Fsp3) is 0.385. The molecule has 3 aromatic heterocycles. The Kier molecular flexibility index (Phi) is 5.47. The molecule has 0 radical (unpaired) electrons. The third-order valence-electron chi connectivity index (χ3n) is 6.60. The fourth-order valence-electron chi connectivity index (χ4n) is 5.06. The summed E-state index contributed by atoms with van der Waals surface area (Å²) >= 11 is 0. The molecule has 4 heterocycles. The van der Waals surface area contributed by atoms with Gasteiger partial charge in [0.25, 0.3) is 0 Å². The van der Waals surface area contributed by atoms with E-state index in [0.29, 0.717) is 13.2 Å². The zero-order chi connectivity index (χ0) is 21.4. The summed E-state index contributed by atoms with van der Waals surface area (Å²) in [6, 6.07) is 13.2. The van der Waals surface area contributed by atoms with Crippen molar-refractivity contribution in [2.24, 2.45) is 0 Å². The Morgan fingerprint density at radius 2 is 1.71 bits per heavy atom. The highest BCUT2D eigenvalue weighted by Crippen LogP contribution is 2.42. The minimum absolute atomic E-state index is 0.261. The lowest BCUT2D eigenvalue weighted by Gasteiger charge is -2.26. The maximum atomic E-state index is 10.5. The molecule has 1 aliphatic rings. The van der Waals surface area contributed by atoms with Crippen LogP contribution in [0.15, 0.2) is 42.5 Å². The summed E-state index contributed by atoms with van der Waals surface area (Å²) < 4.78 is 8.30. The van der Waals surface area contributed by atoms with Crippen molar-refractivity contribution in [3.8, 4) is 22.6 Å². The van der Waals surface area contributed by atoms with Crippen LogP contribution in [0.3, 0.4) is 0 Å². The molecule has 0 atom stereocenters. The Hall–Kier alpha value is -2.76. The number of hydrogen-bond donors (Lipinski definition) is 2. The summed E-state index contributed by atoms with van der Waals surface area (Å²) in [5, 5.41) is 20.3. The third-order valence-corrected chi connectivity index (χ3v) is 6.60. The highest BCUT2D eigenvalue weighted by Gasteiger charge is 2.23. The number of phenols is 1. The van der Waals surface area contributed by atoms with Crippen LogP contribution in [0, 0.1) is 0 Å². The number of benzene rings is 1. The monoisotopic (exact) mass is 418 g/mol. The van der Waals surface area contributed by atoms with Crippen molar-refractivity contribution >= 4 is 16.6 Å². The second-order valence-electron chi connectivity index (χ2n) is 8.55. The smallest absolute Gasteiger partial charge is 0.139 e. The Morgan fingerprint density at radius 1 is 0.935 bits per heavy atom. The minimum atomic E-state index is 0.261. The number of hydrogen-bond acceptors (Lipinski definition) is 4. The van der Waals surface area contributed by atoms with Gasteiger partial charge in [-0.25, -0.2) is 0 Å². The van der Waals surface area contributed by atoms with Gasteiger partial charge in [-0.3, -0.25) is 0 Å². The first-order chi connectivity index (χ1) is 15.2. The van der Waals surface area contributed by atoms with E-state index in [4.69, 9.17) is 4.74 Å². The molecule has 0 bridgehead atoms. The van der Waals surface area contributed by atoms with E-state index in [1.54, 1.807) is 18.2 Å². The molecule has 1 saturated heterocycles. The Bertz CT molecular complexity index is 1170. The first kappa shape index (κ1) is 20.2. The van der Waals surface area contributed by atoms with Crippen LogP contribution >= 0.6 is 0 Å². The van der Waals surface area contributed by atoms with Crippen LogP contribution in [0.1, 0.15) is 37.3 Å². The van der Waals surface area contributed by atoms with Gasteiger partial charge in [-0.1, -0.05) is 25.5 Å². The number of nitrogens with zero attached hydrogens (tertiary/aromatic N) is 2. The molecule has 5 heteroatoms. The molecule has 1 aliphatic heterocycles. The molecule has 0 saturated carbocycles. The highest BCUT2D eigenvalue weighted by atomic mass is 16.5. The lowest BCUT2D eigenvalue weighted by molar-refractivity contribution is 0.0870. The van der Waals surface area contributed by atoms with Crippen LogP contribution in [-0.4, -0.2) is 45.8 Å². The normalized spacial score (nSPS) is 15.4. The van der Waals surface area contributed by atoms with Gasteiger partial charge in [0, 0.05) is 17.7 Å². The summed E-state index contributed by atoms with van der Waals surface area (Å²) in [7, 11) is 0. The summed E-state index contributed by atoms with van der Waals surface area (Å²) in [6.45, 7) is 6.71. The van der Waals surface area contributed by atoms with Gasteiger partial charge in [0.15, 0.2) is 0 Å². The predicted molar refractivity (Wildman–Crippen MR) is 124 cm³/mol. The van der Waals surface area contributed by atoms with Crippen LogP contribution in [0.5, 0.6) is 11.5 Å². The van der Waals surface area contributed by atoms with Crippen molar-refractivity contribution in [3.05, 3.63) is 53.6 Å². The van der Waals surface area contributed by atoms with Gasteiger partial charge < -0.3 is 24.3 Å². The van der Waals surface area contributed by atoms with Crippen molar-refractivity contribution in [1.29, 1.82) is 0 Å². The molecule has 0 spiro atoms. The van der Waals surface area contributed by atoms with E-state index in [1.165, 1.54) is 37.9 Å². The van der Waals surface area contributed by atoms with E-state index >= 15 is 0 Å². The number of phenolic OH excluding ortho intramolecular Hbond substituents is 1. The number of piperidine rings is 1. The summed E-state index contributed by atoms with van der Waals surface area (Å²) in [6.07, 6.45) is 4.80. The first-order valence-electron chi connectivity index (χ1n) is 11.4. The Labute approximate surface area is 182 Å². The molecule has 31 heavy (non-hydrogen) atoms. The second kappa shape index (κ2) is 8.40. The largest absolute Gasteiger partial charge is 0.508 e. The lowest BCUT2D eigenvalue weighted by atomic mass is 9.98. The number of aryl methyl sites for hydroxylation is 1. The first-order valence-corrected chi connectivity index (χ1v) is 11.4.